The Balaban J connectivity index is 1.91. The van der Waals surface area contributed by atoms with Gasteiger partial charge in [0.2, 0.25) is 0 Å². The topological polar surface area (TPSA) is 38.3 Å². The molecule has 1 aliphatic heterocycles. The molecule has 1 unspecified atom stereocenters. The lowest BCUT2D eigenvalue weighted by Gasteiger charge is -2.06. The minimum Gasteiger partial charge on any atom is -0.497 e. The third-order valence-corrected chi connectivity index (χ3v) is 3.90. The van der Waals surface area contributed by atoms with E-state index < -0.39 is 0 Å². The zero-order valence-electron chi connectivity index (χ0n) is 11.6. The quantitative estimate of drug-likeness (QED) is 0.868. The van der Waals surface area contributed by atoms with Crippen molar-refractivity contribution in [3.8, 4) is 5.75 Å². The third-order valence-electron chi connectivity index (χ3n) is 3.90. The van der Waals surface area contributed by atoms with Crippen molar-refractivity contribution in [2.24, 2.45) is 5.73 Å². The van der Waals surface area contributed by atoms with Crippen molar-refractivity contribution in [2.45, 2.75) is 12.3 Å². The monoisotopic (exact) mass is 267 g/mol. The number of rotatable bonds is 3. The molecule has 0 bridgehead atoms. The second-order valence-corrected chi connectivity index (χ2v) is 5.03. The highest BCUT2D eigenvalue weighted by Gasteiger charge is 2.31. The summed E-state index contributed by atoms with van der Waals surface area (Å²) in [7, 11) is 1.68. The van der Waals surface area contributed by atoms with Gasteiger partial charge in [-0.1, -0.05) is 30.3 Å². The normalized spacial score (nSPS) is 18.4. The Hall–Kier alpha value is -2.29. The van der Waals surface area contributed by atoms with Crippen LogP contribution in [0.4, 0.5) is 5.69 Å². The van der Waals surface area contributed by atoms with Crippen molar-refractivity contribution in [3.63, 3.8) is 0 Å². The van der Waals surface area contributed by atoms with Gasteiger partial charge in [0.05, 0.1) is 19.6 Å². The fourth-order valence-electron chi connectivity index (χ4n) is 2.79. The summed E-state index contributed by atoms with van der Waals surface area (Å²) in [6.07, 6.45) is 1.06. The number of amidine groups is 1. The van der Waals surface area contributed by atoms with Crippen LogP contribution in [-0.4, -0.2) is 24.1 Å². The summed E-state index contributed by atoms with van der Waals surface area (Å²) in [5.74, 6) is 2.12. The molecule has 3 nitrogen and oxygen atoms in total. The van der Waals surface area contributed by atoms with Gasteiger partial charge in [-0.25, -0.2) is 4.58 Å². The molecule has 1 heterocycles. The Bertz CT molecular complexity index is 617. The first-order chi connectivity index (χ1) is 9.79. The van der Waals surface area contributed by atoms with Crippen LogP contribution in [0.1, 0.15) is 17.9 Å². The zero-order valence-corrected chi connectivity index (χ0v) is 11.6. The molecule has 0 aliphatic carbocycles. The first-order valence-electron chi connectivity index (χ1n) is 6.88. The average molecular weight is 267 g/mol. The maximum Gasteiger partial charge on any atom is 0.255 e. The predicted molar refractivity (Wildman–Crippen MR) is 80.8 cm³/mol. The minimum absolute atomic E-state index is 0.318. The molecule has 20 heavy (non-hydrogen) atoms. The van der Waals surface area contributed by atoms with E-state index in [1.807, 2.05) is 18.2 Å². The Kier molecular flexibility index (Phi) is 3.42. The van der Waals surface area contributed by atoms with E-state index in [4.69, 9.17) is 10.5 Å². The van der Waals surface area contributed by atoms with Gasteiger partial charge in [0.15, 0.2) is 0 Å². The van der Waals surface area contributed by atoms with Gasteiger partial charge in [-0.2, -0.15) is 0 Å². The smallest absolute Gasteiger partial charge is 0.255 e. The van der Waals surface area contributed by atoms with Crippen LogP contribution >= 0.6 is 0 Å². The largest absolute Gasteiger partial charge is 0.497 e. The van der Waals surface area contributed by atoms with E-state index in [1.54, 1.807) is 7.11 Å². The van der Waals surface area contributed by atoms with E-state index in [-0.39, 0.29) is 0 Å². The molecule has 0 amide bonds. The summed E-state index contributed by atoms with van der Waals surface area (Å²) in [4.78, 5) is 0. The third kappa shape index (κ3) is 2.27. The number of nitrogens with zero attached hydrogens (tertiary/aromatic N) is 1. The lowest BCUT2D eigenvalue weighted by molar-refractivity contribution is -0.432. The van der Waals surface area contributed by atoms with Crippen LogP contribution in [0.15, 0.2) is 54.6 Å². The van der Waals surface area contributed by atoms with Crippen LogP contribution in [0.5, 0.6) is 5.75 Å². The molecule has 2 N–H and O–H groups in total. The SMILES string of the molecule is COc1ccc([N+]2=C(N)C(c3ccccc3)CC2)cc1. The first-order valence-corrected chi connectivity index (χ1v) is 6.88. The van der Waals surface area contributed by atoms with Gasteiger partial charge in [0, 0.05) is 6.42 Å². The van der Waals surface area contributed by atoms with E-state index in [9.17, 15) is 0 Å². The lowest BCUT2D eigenvalue weighted by atomic mass is 9.97. The second kappa shape index (κ2) is 5.37. The molecule has 0 saturated carbocycles. The first kappa shape index (κ1) is 12.7. The molecule has 0 fully saturated rings. The van der Waals surface area contributed by atoms with Crippen LogP contribution < -0.4 is 10.5 Å². The van der Waals surface area contributed by atoms with E-state index in [2.05, 4.69) is 41.0 Å². The Morgan fingerprint density at radius 3 is 2.40 bits per heavy atom. The number of hydrogen-bond acceptors (Lipinski definition) is 2. The van der Waals surface area contributed by atoms with Crippen LogP contribution in [0, 0.1) is 0 Å². The zero-order chi connectivity index (χ0) is 13.9. The predicted octanol–water partition coefficient (Wildman–Crippen LogP) is 2.88. The molecule has 0 radical (unpaired) electrons. The Morgan fingerprint density at radius 1 is 1.05 bits per heavy atom. The van der Waals surface area contributed by atoms with Crippen molar-refractivity contribution in [3.05, 3.63) is 60.2 Å². The van der Waals surface area contributed by atoms with E-state index in [0.717, 1.165) is 30.2 Å². The molecule has 3 rings (SSSR count). The van der Waals surface area contributed by atoms with Gasteiger partial charge >= 0.3 is 0 Å². The molecule has 102 valence electrons. The number of ether oxygens (including phenoxy) is 1. The highest BCUT2D eigenvalue weighted by molar-refractivity contribution is 5.85. The maximum atomic E-state index is 6.37. The molecular weight excluding hydrogens is 248 g/mol. The van der Waals surface area contributed by atoms with Crippen molar-refractivity contribution >= 4 is 11.5 Å². The van der Waals surface area contributed by atoms with Crippen molar-refractivity contribution in [1.82, 2.24) is 0 Å². The highest BCUT2D eigenvalue weighted by Crippen LogP contribution is 2.28. The van der Waals surface area contributed by atoms with Gasteiger partial charge < -0.3 is 4.74 Å². The van der Waals surface area contributed by atoms with Crippen LogP contribution in [0.3, 0.4) is 0 Å². The Labute approximate surface area is 119 Å². The molecular formula is C17H19N2O+. The lowest BCUT2D eigenvalue weighted by Crippen LogP contribution is -2.24. The standard InChI is InChI=1S/C17H18N2O/c1-20-15-9-7-14(8-10-15)19-12-11-16(17(19)18)13-5-3-2-4-6-13/h2-10,16,18H,11-12H2,1H3/p+1. The number of hydrogen-bond donors (Lipinski definition) is 1. The maximum absolute atomic E-state index is 6.37. The van der Waals surface area contributed by atoms with Gasteiger partial charge in [0.25, 0.3) is 5.84 Å². The van der Waals surface area contributed by atoms with Crippen molar-refractivity contribution in [1.29, 1.82) is 0 Å². The molecule has 2 aromatic rings. The number of nitrogens with two attached hydrogens (primary N) is 1. The van der Waals surface area contributed by atoms with Gasteiger partial charge in [-0.15, -0.1) is 0 Å². The number of methoxy groups -OCH3 is 1. The molecule has 0 spiro atoms. The van der Waals surface area contributed by atoms with Gasteiger partial charge in [-0.05, 0) is 29.8 Å². The molecule has 0 saturated heterocycles. The summed E-state index contributed by atoms with van der Waals surface area (Å²) >= 11 is 0. The summed E-state index contributed by atoms with van der Waals surface area (Å²) in [6, 6.07) is 18.5. The Morgan fingerprint density at radius 2 is 1.75 bits per heavy atom. The van der Waals surface area contributed by atoms with E-state index >= 15 is 0 Å². The fraction of sp³-hybridized carbons (Fsp3) is 0.235. The number of benzene rings is 2. The average Bonchev–Trinajstić information content (AvgIpc) is 2.90. The van der Waals surface area contributed by atoms with Crippen LogP contribution in [0.25, 0.3) is 0 Å². The molecule has 1 atom stereocenters. The molecule has 3 heteroatoms. The highest BCUT2D eigenvalue weighted by atomic mass is 16.5. The molecule has 0 aromatic heterocycles. The summed E-state index contributed by atoms with van der Waals surface area (Å²) in [5.41, 5.74) is 8.79. The van der Waals surface area contributed by atoms with Crippen LogP contribution in [0.2, 0.25) is 0 Å². The van der Waals surface area contributed by atoms with Gasteiger partial charge in [-0.3, -0.25) is 5.73 Å². The van der Waals surface area contributed by atoms with Crippen molar-refractivity contribution in [2.75, 3.05) is 13.7 Å². The fourth-order valence-corrected chi connectivity index (χ4v) is 2.79. The summed E-state index contributed by atoms with van der Waals surface area (Å²) < 4.78 is 7.38. The van der Waals surface area contributed by atoms with Crippen LogP contribution in [-0.2, 0) is 0 Å². The van der Waals surface area contributed by atoms with Gasteiger partial charge in [0.1, 0.15) is 11.4 Å². The molecule has 1 aliphatic rings. The van der Waals surface area contributed by atoms with E-state index in [1.165, 1.54) is 5.56 Å². The second-order valence-electron chi connectivity index (χ2n) is 5.03. The summed E-state index contributed by atoms with van der Waals surface area (Å²) in [6.45, 7) is 0.956. The minimum atomic E-state index is 0.318. The van der Waals surface area contributed by atoms with Crippen molar-refractivity contribution < 1.29 is 9.31 Å². The molecule has 2 aromatic carbocycles. The summed E-state index contributed by atoms with van der Waals surface area (Å²) in [5, 5.41) is 0. The van der Waals surface area contributed by atoms with E-state index in [0.29, 0.717) is 5.92 Å².